The fraction of sp³-hybridized carbons (Fsp3) is 0.111. The predicted octanol–water partition coefficient (Wildman–Crippen LogP) is 1.42. The smallest absolute Gasteiger partial charge is 0.139 e. The van der Waals surface area contributed by atoms with Crippen LogP contribution in [0.5, 0.6) is 11.5 Å². The van der Waals surface area contributed by atoms with Crippen LogP contribution in [0.4, 0.5) is 0 Å². The summed E-state index contributed by atoms with van der Waals surface area (Å²) in [6.07, 6.45) is 1.62. The van der Waals surface area contributed by atoms with E-state index in [1.807, 2.05) is 0 Å². The monoisotopic (exact) mass is 213 g/mol. The molecule has 1 aromatic carbocycles. The van der Waals surface area contributed by atoms with Crippen LogP contribution in [0.15, 0.2) is 36.9 Å². The molecule has 5 heteroatoms. The second-order valence-electron chi connectivity index (χ2n) is 2.36. The molecule has 1 atom stereocenters. The van der Waals surface area contributed by atoms with E-state index in [0.29, 0.717) is 12.4 Å². The third-order valence-corrected chi connectivity index (χ3v) is 1.68. The molecule has 76 valence electrons. The van der Waals surface area contributed by atoms with Gasteiger partial charge in [0.05, 0.1) is 0 Å². The standard InChI is InChI=1S/C9H10O4S/c1-2-7-12-8-3-5-9(6-4-8)13-14(10)11/h2-6H,1,7H2,(H,10,11)/p-1. The maximum Gasteiger partial charge on any atom is 0.139 e. The lowest BCUT2D eigenvalue weighted by Gasteiger charge is -2.07. The zero-order valence-corrected chi connectivity index (χ0v) is 8.16. The van der Waals surface area contributed by atoms with Crippen molar-refractivity contribution in [3.05, 3.63) is 36.9 Å². The maximum atomic E-state index is 10.2. The first-order chi connectivity index (χ1) is 6.72. The van der Waals surface area contributed by atoms with E-state index in [1.165, 1.54) is 12.1 Å². The first-order valence-electron chi connectivity index (χ1n) is 3.83. The molecule has 14 heavy (non-hydrogen) atoms. The van der Waals surface area contributed by atoms with Gasteiger partial charge in [-0.15, -0.1) is 0 Å². The molecule has 0 aliphatic rings. The van der Waals surface area contributed by atoms with Crippen LogP contribution >= 0.6 is 0 Å². The van der Waals surface area contributed by atoms with Gasteiger partial charge in [-0.2, -0.15) is 0 Å². The zero-order chi connectivity index (χ0) is 10.4. The summed E-state index contributed by atoms with van der Waals surface area (Å²) < 4.78 is 29.9. The fourth-order valence-electron chi connectivity index (χ4n) is 0.825. The zero-order valence-electron chi connectivity index (χ0n) is 7.34. The van der Waals surface area contributed by atoms with Gasteiger partial charge in [0.2, 0.25) is 0 Å². The second-order valence-corrected chi connectivity index (χ2v) is 2.93. The Bertz CT molecular complexity index is 320. The van der Waals surface area contributed by atoms with Crippen LogP contribution in [0.1, 0.15) is 0 Å². The molecule has 1 aromatic rings. The average molecular weight is 213 g/mol. The van der Waals surface area contributed by atoms with Crippen LogP contribution in [0.25, 0.3) is 0 Å². The van der Waals surface area contributed by atoms with Gasteiger partial charge in [0.25, 0.3) is 0 Å². The molecule has 0 aromatic heterocycles. The highest BCUT2D eigenvalue weighted by Crippen LogP contribution is 2.17. The molecule has 0 spiro atoms. The van der Waals surface area contributed by atoms with Gasteiger partial charge in [0.1, 0.15) is 29.5 Å². The van der Waals surface area contributed by atoms with E-state index in [9.17, 15) is 8.76 Å². The van der Waals surface area contributed by atoms with Crippen LogP contribution < -0.4 is 8.92 Å². The normalized spacial score (nSPS) is 11.8. The first kappa shape index (κ1) is 10.7. The first-order valence-corrected chi connectivity index (χ1v) is 4.83. The summed E-state index contributed by atoms with van der Waals surface area (Å²) in [4.78, 5) is 0. The van der Waals surface area contributed by atoms with Crippen molar-refractivity contribution in [2.24, 2.45) is 0 Å². The van der Waals surface area contributed by atoms with Gasteiger partial charge in [0.15, 0.2) is 0 Å². The van der Waals surface area contributed by atoms with Crippen LogP contribution in [-0.2, 0) is 11.4 Å². The second kappa shape index (κ2) is 5.41. The number of hydrogen-bond acceptors (Lipinski definition) is 4. The Morgan fingerprint density at radius 3 is 2.43 bits per heavy atom. The highest BCUT2D eigenvalue weighted by atomic mass is 32.2. The van der Waals surface area contributed by atoms with Gasteiger partial charge in [-0.3, -0.25) is 0 Å². The molecule has 1 unspecified atom stereocenters. The van der Waals surface area contributed by atoms with E-state index in [-0.39, 0.29) is 5.75 Å². The van der Waals surface area contributed by atoms with Crippen molar-refractivity contribution in [2.75, 3.05) is 6.61 Å². The van der Waals surface area contributed by atoms with Crippen molar-refractivity contribution < 1.29 is 17.7 Å². The summed E-state index contributed by atoms with van der Waals surface area (Å²) in [5.74, 6) is 0.887. The Balaban J connectivity index is 2.58. The predicted molar refractivity (Wildman–Crippen MR) is 51.7 cm³/mol. The van der Waals surface area contributed by atoms with Gasteiger partial charge in [-0.25, -0.2) is 4.21 Å². The molecule has 0 fully saturated rings. The van der Waals surface area contributed by atoms with Gasteiger partial charge in [-0.1, -0.05) is 12.7 Å². The number of ether oxygens (including phenoxy) is 1. The van der Waals surface area contributed by atoms with E-state index in [2.05, 4.69) is 10.8 Å². The SMILES string of the molecule is C=CCOc1ccc(OS(=O)[O-])cc1. The minimum absolute atomic E-state index is 0.254. The van der Waals surface area contributed by atoms with Crippen molar-refractivity contribution in [1.82, 2.24) is 0 Å². The summed E-state index contributed by atoms with van der Waals surface area (Å²) in [7, 11) is 0. The van der Waals surface area contributed by atoms with E-state index in [0.717, 1.165) is 0 Å². The lowest BCUT2D eigenvalue weighted by Crippen LogP contribution is -1.98. The van der Waals surface area contributed by atoms with Crippen molar-refractivity contribution in [2.45, 2.75) is 0 Å². The quantitative estimate of drug-likeness (QED) is 0.548. The van der Waals surface area contributed by atoms with Crippen LogP contribution in [0.3, 0.4) is 0 Å². The third kappa shape index (κ3) is 3.59. The minimum atomic E-state index is -2.54. The summed E-state index contributed by atoms with van der Waals surface area (Å²) >= 11 is -2.54. The lowest BCUT2D eigenvalue weighted by molar-refractivity contribution is 0.362. The van der Waals surface area contributed by atoms with E-state index >= 15 is 0 Å². The largest absolute Gasteiger partial charge is 0.740 e. The molecule has 0 amide bonds. The maximum absolute atomic E-state index is 10.2. The highest BCUT2D eigenvalue weighted by Gasteiger charge is 1.95. The number of hydrogen-bond donors (Lipinski definition) is 0. The molecule has 0 N–H and O–H groups in total. The Hall–Kier alpha value is -1.33. The molecule has 1 rings (SSSR count). The molecule has 0 radical (unpaired) electrons. The highest BCUT2D eigenvalue weighted by molar-refractivity contribution is 7.74. The van der Waals surface area contributed by atoms with E-state index < -0.39 is 11.4 Å². The lowest BCUT2D eigenvalue weighted by atomic mass is 10.3. The molecule has 0 aliphatic carbocycles. The Labute approximate surface area is 84.7 Å². The van der Waals surface area contributed by atoms with Crippen LogP contribution in [0.2, 0.25) is 0 Å². The fourth-order valence-corrected chi connectivity index (χ4v) is 1.09. The molecular formula is C9H9O4S-. The molecule has 0 aliphatic heterocycles. The molecule has 4 nitrogen and oxygen atoms in total. The van der Waals surface area contributed by atoms with Crippen molar-refractivity contribution in [3.63, 3.8) is 0 Å². The van der Waals surface area contributed by atoms with Gasteiger partial charge in [0, 0.05) is 0 Å². The van der Waals surface area contributed by atoms with E-state index in [1.54, 1.807) is 18.2 Å². The Morgan fingerprint density at radius 2 is 1.93 bits per heavy atom. The number of benzene rings is 1. The Morgan fingerprint density at radius 1 is 1.36 bits per heavy atom. The van der Waals surface area contributed by atoms with Gasteiger partial charge in [-0.05, 0) is 24.3 Å². The summed E-state index contributed by atoms with van der Waals surface area (Å²) in [6, 6.07) is 6.25. The van der Waals surface area contributed by atoms with Crippen LogP contribution in [-0.4, -0.2) is 15.4 Å². The van der Waals surface area contributed by atoms with Crippen molar-refractivity contribution in [3.8, 4) is 11.5 Å². The number of rotatable bonds is 5. The molecule has 0 bridgehead atoms. The van der Waals surface area contributed by atoms with Crippen molar-refractivity contribution in [1.29, 1.82) is 0 Å². The van der Waals surface area contributed by atoms with Gasteiger partial charge >= 0.3 is 0 Å². The summed E-state index contributed by atoms with van der Waals surface area (Å²) in [6.45, 7) is 3.91. The topological polar surface area (TPSA) is 58.6 Å². The minimum Gasteiger partial charge on any atom is -0.740 e. The molecule has 0 saturated carbocycles. The molecule has 0 heterocycles. The van der Waals surface area contributed by atoms with E-state index in [4.69, 9.17) is 4.74 Å². The summed E-state index contributed by atoms with van der Waals surface area (Å²) in [5.41, 5.74) is 0. The third-order valence-electron chi connectivity index (χ3n) is 1.36. The molecule has 0 saturated heterocycles. The van der Waals surface area contributed by atoms with Crippen molar-refractivity contribution >= 4 is 11.4 Å². The van der Waals surface area contributed by atoms with Gasteiger partial charge < -0.3 is 13.5 Å². The average Bonchev–Trinajstić information content (AvgIpc) is 2.16. The molecular weight excluding hydrogens is 204 g/mol. The van der Waals surface area contributed by atoms with Crippen LogP contribution in [0, 0.1) is 0 Å². The Kier molecular flexibility index (Phi) is 4.15. The summed E-state index contributed by atoms with van der Waals surface area (Å²) in [5, 5.41) is 0.